The smallest absolute Gasteiger partial charge is 0.160 e. The van der Waals surface area contributed by atoms with E-state index >= 15 is 0 Å². The zero-order valence-corrected chi connectivity index (χ0v) is 10.3. The van der Waals surface area contributed by atoms with Gasteiger partial charge in [0.2, 0.25) is 0 Å². The van der Waals surface area contributed by atoms with Crippen LogP contribution in [0.1, 0.15) is 44.6 Å². The number of imidazole rings is 1. The van der Waals surface area contributed by atoms with E-state index in [1.54, 1.807) is 0 Å². The van der Waals surface area contributed by atoms with Gasteiger partial charge in [-0.3, -0.25) is 0 Å². The summed E-state index contributed by atoms with van der Waals surface area (Å²) >= 11 is 0. The van der Waals surface area contributed by atoms with Crippen LogP contribution in [0.2, 0.25) is 0 Å². The van der Waals surface area contributed by atoms with Crippen LogP contribution in [0.5, 0.6) is 0 Å². The summed E-state index contributed by atoms with van der Waals surface area (Å²) in [7, 11) is 0. The maximum absolute atomic E-state index is 4.73. The van der Waals surface area contributed by atoms with Crippen LogP contribution in [0, 0.1) is 0 Å². The Bertz CT molecular complexity index is 527. The highest BCUT2D eigenvalue weighted by Gasteiger charge is 2.30. The third kappa shape index (κ3) is 1.82. The molecule has 1 unspecified atom stereocenters. The number of hydrogen-bond donors (Lipinski definition) is 1. The van der Waals surface area contributed by atoms with Crippen molar-refractivity contribution in [2.75, 3.05) is 6.54 Å². The Hall–Kier alpha value is -1.42. The molecule has 0 aromatic carbocycles. The number of pyridine rings is 1. The van der Waals surface area contributed by atoms with Gasteiger partial charge < -0.3 is 9.88 Å². The molecule has 4 nitrogen and oxygen atoms in total. The first-order valence-electron chi connectivity index (χ1n) is 6.37. The molecule has 1 N–H and O–H groups in total. The van der Waals surface area contributed by atoms with Crippen molar-refractivity contribution in [3.63, 3.8) is 0 Å². The number of nitrogens with zero attached hydrogens (tertiary/aromatic N) is 3. The molecule has 0 radical (unpaired) electrons. The molecule has 2 heterocycles. The van der Waals surface area contributed by atoms with E-state index in [0.29, 0.717) is 6.04 Å². The minimum absolute atomic E-state index is 0.287. The Kier molecular flexibility index (Phi) is 2.59. The molecule has 2 aromatic rings. The van der Waals surface area contributed by atoms with Crippen LogP contribution in [0.25, 0.3) is 11.2 Å². The fraction of sp³-hybridized carbons (Fsp3) is 0.538. The molecule has 1 atom stereocenters. The van der Waals surface area contributed by atoms with E-state index < -0.39 is 0 Å². The molecule has 0 bridgehead atoms. The fourth-order valence-electron chi connectivity index (χ4n) is 2.34. The Morgan fingerprint density at radius 1 is 1.53 bits per heavy atom. The van der Waals surface area contributed by atoms with Gasteiger partial charge in [0.05, 0.1) is 6.04 Å². The summed E-state index contributed by atoms with van der Waals surface area (Å²) in [6, 6.07) is 4.90. The molecule has 4 heteroatoms. The Labute approximate surface area is 101 Å². The molecular formula is C13H18N4. The second-order valence-electron chi connectivity index (χ2n) is 4.70. The largest absolute Gasteiger partial charge is 0.308 e. The van der Waals surface area contributed by atoms with E-state index in [1.807, 2.05) is 18.3 Å². The minimum Gasteiger partial charge on any atom is -0.308 e. The average Bonchev–Trinajstić information content (AvgIpc) is 3.09. The highest BCUT2D eigenvalue weighted by atomic mass is 15.2. The molecule has 2 aromatic heterocycles. The summed E-state index contributed by atoms with van der Waals surface area (Å²) in [5.41, 5.74) is 2.05. The maximum atomic E-state index is 4.73. The molecular weight excluding hydrogens is 212 g/mol. The quantitative estimate of drug-likeness (QED) is 0.877. The van der Waals surface area contributed by atoms with Gasteiger partial charge in [-0.2, -0.15) is 0 Å². The third-order valence-electron chi connectivity index (χ3n) is 3.29. The number of hydrogen-bond acceptors (Lipinski definition) is 3. The van der Waals surface area contributed by atoms with E-state index in [0.717, 1.165) is 23.5 Å². The normalized spacial score (nSPS) is 17.5. The average molecular weight is 230 g/mol. The van der Waals surface area contributed by atoms with Crippen molar-refractivity contribution in [1.29, 1.82) is 0 Å². The van der Waals surface area contributed by atoms with Crippen molar-refractivity contribution in [3.8, 4) is 0 Å². The number of rotatable bonds is 4. The topological polar surface area (TPSA) is 42.7 Å². The summed E-state index contributed by atoms with van der Waals surface area (Å²) < 4.78 is 2.32. The van der Waals surface area contributed by atoms with Crippen molar-refractivity contribution in [2.24, 2.45) is 0 Å². The Balaban J connectivity index is 2.12. The lowest BCUT2D eigenvalue weighted by atomic mass is 10.3. The van der Waals surface area contributed by atoms with E-state index in [2.05, 4.69) is 28.7 Å². The van der Waals surface area contributed by atoms with E-state index in [9.17, 15) is 0 Å². The van der Waals surface area contributed by atoms with Crippen LogP contribution in [0.3, 0.4) is 0 Å². The lowest BCUT2D eigenvalue weighted by Gasteiger charge is -2.14. The van der Waals surface area contributed by atoms with Crippen molar-refractivity contribution in [2.45, 2.75) is 38.8 Å². The van der Waals surface area contributed by atoms with Crippen LogP contribution in [-0.2, 0) is 0 Å². The molecule has 0 amide bonds. The molecule has 1 aliphatic carbocycles. The van der Waals surface area contributed by atoms with Crippen LogP contribution in [0.4, 0.5) is 0 Å². The van der Waals surface area contributed by atoms with Gasteiger partial charge in [-0.25, -0.2) is 9.97 Å². The highest BCUT2D eigenvalue weighted by Crippen LogP contribution is 2.39. The predicted molar refractivity (Wildman–Crippen MR) is 67.9 cm³/mol. The van der Waals surface area contributed by atoms with E-state index in [1.165, 1.54) is 12.8 Å². The Morgan fingerprint density at radius 2 is 2.35 bits per heavy atom. The summed E-state index contributed by atoms with van der Waals surface area (Å²) in [6.45, 7) is 5.25. The SMILES string of the molecule is CCNC(C)c1nc2cccnc2n1C1CC1. The summed E-state index contributed by atoms with van der Waals surface area (Å²) in [5, 5.41) is 3.43. The highest BCUT2D eigenvalue weighted by molar-refractivity contribution is 5.71. The lowest BCUT2D eigenvalue weighted by Crippen LogP contribution is -2.21. The number of fused-ring (bicyclic) bond motifs is 1. The van der Waals surface area contributed by atoms with Crippen molar-refractivity contribution in [3.05, 3.63) is 24.2 Å². The van der Waals surface area contributed by atoms with Gasteiger partial charge in [0, 0.05) is 12.2 Å². The van der Waals surface area contributed by atoms with Crippen LogP contribution < -0.4 is 5.32 Å². The van der Waals surface area contributed by atoms with Crippen LogP contribution in [0.15, 0.2) is 18.3 Å². The first kappa shape index (κ1) is 10.7. The van der Waals surface area contributed by atoms with Gasteiger partial charge in [-0.15, -0.1) is 0 Å². The second-order valence-corrected chi connectivity index (χ2v) is 4.70. The van der Waals surface area contributed by atoms with E-state index in [-0.39, 0.29) is 6.04 Å². The zero-order valence-electron chi connectivity index (χ0n) is 10.3. The summed E-state index contributed by atoms with van der Waals surface area (Å²) in [5.74, 6) is 1.13. The molecule has 17 heavy (non-hydrogen) atoms. The third-order valence-corrected chi connectivity index (χ3v) is 3.29. The summed E-state index contributed by atoms with van der Waals surface area (Å²) in [4.78, 5) is 9.21. The van der Waals surface area contributed by atoms with Gasteiger partial charge in [0.25, 0.3) is 0 Å². The second kappa shape index (κ2) is 4.11. The first-order valence-corrected chi connectivity index (χ1v) is 6.37. The van der Waals surface area contributed by atoms with Gasteiger partial charge in [-0.05, 0) is 38.4 Å². The first-order chi connectivity index (χ1) is 8.31. The molecule has 3 rings (SSSR count). The monoisotopic (exact) mass is 230 g/mol. The molecule has 0 spiro atoms. The molecule has 1 aliphatic rings. The van der Waals surface area contributed by atoms with Crippen molar-refractivity contribution in [1.82, 2.24) is 19.9 Å². The zero-order chi connectivity index (χ0) is 11.8. The van der Waals surface area contributed by atoms with Crippen LogP contribution >= 0.6 is 0 Å². The minimum atomic E-state index is 0.287. The molecule has 0 saturated heterocycles. The van der Waals surface area contributed by atoms with E-state index in [4.69, 9.17) is 4.98 Å². The molecule has 0 aliphatic heterocycles. The standard InChI is InChI=1S/C13H18N4/c1-3-14-9(2)12-16-11-5-4-8-15-13(11)17(12)10-6-7-10/h4-5,8-10,14H,3,6-7H2,1-2H3. The van der Waals surface area contributed by atoms with Crippen molar-refractivity contribution < 1.29 is 0 Å². The summed E-state index contributed by atoms with van der Waals surface area (Å²) in [6.07, 6.45) is 4.37. The molecule has 90 valence electrons. The van der Waals surface area contributed by atoms with Gasteiger partial charge in [0.15, 0.2) is 5.65 Å². The van der Waals surface area contributed by atoms with Gasteiger partial charge >= 0.3 is 0 Å². The van der Waals surface area contributed by atoms with Crippen LogP contribution in [-0.4, -0.2) is 21.1 Å². The fourth-order valence-corrected chi connectivity index (χ4v) is 2.34. The van der Waals surface area contributed by atoms with Gasteiger partial charge in [-0.1, -0.05) is 6.92 Å². The maximum Gasteiger partial charge on any atom is 0.160 e. The molecule has 1 fully saturated rings. The molecule has 1 saturated carbocycles. The number of aromatic nitrogens is 3. The lowest BCUT2D eigenvalue weighted by molar-refractivity contribution is 0.533. The van der Waals surface area contributed by atoms with Gasteiger partial charge in [0.1, 0.15) is 11.3 Å². The Morgan fingerprint density at radius 3 is 3.06 bits per heavy atom. The predicted octanol–water partition coefficient (Wildman–Crippen LogP) is 2.44. The number of nitrogens with one attached hydrogen (secondary N) is 1. The van der Waals surface area contributed by atoms with Crippen molar-refractivity contribution >= 4 is 11.2 Å².